The highest BCUT2D eigenvalue weighted by atomic mass is 17.3. The molecule has 0 amide bonds. The Morgan fingerprint density at radius 3 is 2.39 bits per heavy atom. The quantitative estimate of drug-likeness (QED) is 0.229. The van der Waals surface area contributed by atoms with Gasteiger partial charge in [-0.25, -0.2) is 9.78 Å². The molecule has 4 aliphatic heterocycles. The summed E-state index contributed by atoms with van der Waals surface area (Å²) in [5.74, 6) is 4.46. The highest BCUT2D eigenvalue weighted by molar-refractivity contribution is 5.66. The van der Waals surface area contributed by atoms with E-state index in [4.69, 9.17) is 24.0 Å². The lowest BCUT2D eigenvalue weighted by Gasteiger charge is -2.62. The molecule has 4 saturated heterocycles. The fourth-order valence-corrected chi connectivity index (χ4v) is 14.1. The molecule has 1 spiro atoms. The van der Waals surface area contributed by atoms with Gasteiger partial charge >= 0.3 is 5.97 Å². The van der Waals surface area contributed by atoms with Crippen molar-refractivity contribution in [3.8, 4) is 0 Å². The lowest BCUT2D eigenvalue weighted by atomic mass is 9.44. The van der Waals surface area contributed by atoms with Gasteiger partial charge in [0.15, 0.2) is 18.2 Å². The highest BCUT2D eigenvalue weighted by Crippen LogP contribution is 2.69. The Labute approximate surface area is 277 Å². The van der Waals surface area contributed by atoms with Gasteiger partial charge in [-0.2, -0.15) is 0 Å². The van der Waals surface area contributed by atoms with Crippen molar-refractivity contribution >= 4 is 5.97 Å². The average Bonchev–Trinajstić information content (AvgIpc) is 3.22. The summed E-state index contributed by atoms with van der Waals surface area (Å²) in [7, 11) is 0. The first-order valence-electron chi connectivity index (χ1n) is 19.5. The van der Waals surface area contributed by atoms with E-state index in [1.807, 2.05) is 6.92 Å². The van der Waals surface area contributed by atoms with Crippen molar-refractivity contribution in [1.82, 2.24) is 0 Å². The molecule has 17 atom stereocenters. The molecule has 2 bridgehead atoms. The number of aliphatic carboxylic acids is 1. The van der Waals surface area contributed by atoms with Crippen LogP contribution in [0.2, 0.25) is 0 Å². The van der Waals surface area contributed by atoms with Crippen molar-refractivity contribution in [2.45, 2.75) is 168 Å². The van der Waals surface area contributed by atoms with Crippen LogP contribution in [0.25, 0.3) is 0 Å². The Kier molecular flexibility index (Phi) is 8.05. The van der Waals surface area contributed by atoms with E-state index in [1.165, 1.54) is 51.4 Å². The number of hydrogen-bond donors (Lipinski definition) is 1. The third-order valence-corrected chi connectivity index (χ3v) is 16.6. The van der Waals surface area contributed by atoms with Crippen molar-refractivity contribution in [2.75, 3.05) is 0 Å². The van der Waals surface area contributed by atoms with E-state index in [9.17, 15) is 9.90 Å². The molecule has 7 unspecified atom stereocenters. The fourth-order valence-electron chi connectivity index (χ4n) is 14.1. The molecule has 9 rings (SSSR count). The van der Waals surface area contributed by atoms with Crippen LogP contribution in [-0.4, -0.2) is 41.1 Å². The predicted molar refractivity (Wildman–Crippen MR) is 173 cm³/mol. The number of hydrogen-bond acceptors (Lipinski definition) is 6. The van der Waals surface area contributed by atoms with E-state index >= 15 is 0 Å². The second-order valence-corrected chi connectivity index (χ2v) is 18.6. The maximum atomic E-state index is 11.3. The minimum atomic E-state index is -0.750. The van der Waals surface area contributed by atoms with Gasteiger partial charge in [0, 0.05) is 24.7 Å². The van der Waals surface area contributed by atoms with E-state index < -0.39 is 23.6 Å². The number of fused-ring (bicyclic) bond motifs is 7. The molecule has 0 radical (unpaired) electrons. The molecule has 46 heavy (non-hydrogen) atoms. The Bertz CT molecular complexity index is 1180. The number of carboxylic acid groups (broad SMARTS) is 1. The standard InChI is InChI=1S/C39H62O7/c1-22(8-14-33(40)41)28-12-13-31-27-10-9-25-21-26(15-18-36(25,4)32(27)16-19-37(28,31)5)42-34-24(3)30-11-7-23(2)29-17-20-38(6)44-35(43-34)39(29,30)46-45-38/h22-32,34-35H,7-21H2,1-6H3,(H,40,41)/t22-,23-,24-,25?,26-,27?,28-,29?,30+,31?,32?,34?,35?,36+,37-,38+,39-/m1/s1. The van der Waals surface area contributed by atoms with Gasteiger partial charge in [0.05, 0.1) is 6.10 Å². The molecule has 7 heteroatoms. The minimum Gasteiger partial charge on any atom is -0.481 e. The second-order valence-electron chi connectivity index (χ2n) is 18.6. The van der Waals surface area contributed by atoms with Crippen molar-refractivity contribution in [2.24, 2.45) is 70.0 Å². The molecule has 0 aromatic rings. The monoisotopic (exact) mass is 642 g/mol. The third kappa shape index (κ3) is 4.77. The van der Waals surface area contributed by atoms with Crippen LogP contribution in [0.5, 0.6) is 0 Å². The SMILES string of the molecule is C[C@@H]1CC[C@H]2[C@@H](C)C(O[C@@H]3CC[C@@]4(C)C(CCC5C4CC[C@@]4(C)C5CC[C@@H]4[C@H](C)CCC(=O)O)C3)OC3O[C@]4(C)CCC1[C@]32OO4. The van der Waals surface area contributed by atoms with Gasteiger partial charge in [-0.15, -0.1) is 0 Å². The van der Waals surface area contributed by atoms with Gasteiger partial charge in [-0.1, -0.05) is 34.6 Å². The fraction of sp³-hybridized carbons (Fsp3) is 0.974. The van der Waals surface area contributed by atoms with Crippen LogP contribution in [0, 0.1) is 70.0 Å². The van der Waals surface area contributed by atoms with Crippen LogP contribution in [0.15, 0.2) is 0 Å². The Morgan fingerprint density at radius 1 is 0.848 bits per heavy atom. The zero-order valence-corrected chi connectivity index (χ0v) is 29.5. The largest absolute Gasteiger partial charge is 0.481 e. The van der Waals surface area contributed by atoms with Crippen LogP contribution >= 0.6 is 0 Å². The maximum Gasteiger partial charge on any atom is 0.303 e. The summed E-state index contributed by atoms with van der Waals surface area (Å²) in [5.41, 5.74) is 0.255. The average molecular weight is 643 g/mol. The van der Waals surface area contributed by atoms with Crippen molar-refractivity contribution in [1.29, 1.82) is 0 Å². The first-order chi connectivity index (χ1) is 21.9. The molecule has 5 aliphatic carbocycles. The maximum absolute atomic E-state index is 11.3. The van der Waals surface area contributed by atoms with Gasteiger partial charge in [0.2, 0.25) is 5.79 Å². The van der Waals surface area contributed by atoms with E-state index in [-0.39, 0.29) is 18.3 Å². The second kappa shape index (κ2) is 11.4. The van der Waals surface area contributed by atoms with Crippen LogP contribution in [0.4, 0.5) is 0 Å². The zero-order chi connectivity index (χ0) is 32.2. The van der Waals surface area contributed by atoms with Crippen LogP contribution in [-0.2, 0) is 28.8 Å². The van der Waals surface area contributed by atoms with Gasteiger partial charge < -0.3 is 19.3 Å². The Morgan fingerprint density at radius 2 is 1.59 bits per heavy atom. The van der Waals surface area contributed by atoms with Gasteiger partial charge in [-0.05, 0) is 149 Å². The molecular weight excluding hydrogens is 580 g/mol. The molecule has 1 N–H and O–H groups in total. The van der Waals surface area contributed by atoms with E-state index in [0.717, 1.165) is 62.2 Å². The molecule has 4 heterocycles. The first kappa shape index (κ1) is 32.5. The van der Waals surface area contributed by atoms with Gasteiger partial charge in [0.25, 0.3) is 0 Å². The summed E-state index contributed by atoms with van der Waals surface area (Å²) in [5, 5.41) is 9.32. The van der Waals surface area contributed by atoms with Gasteiger partial charge in [0.1, 0.15) is 0 Å². The lowest BCUT2D eigenvalue weighted by Crippen LogP contribution is -2.70. The number of carboxylic acids is 1. The number of ether oxygens (including phenoxy) is 3. The van der Waals surface area contributed by atoms with Crippen LogP contribution < -0.4 is 0 Å². The van der Waals surface area contributed by atoms with E-state index in [2.05, 4.69) is 34.6 Å². The summed E-state index contributed by atoms with van der Waals surface area (Å²) in [6, 6.07) is 0. The smallest absolute Gasteiger partial charge is 0.303 e. The molecule has 9 fully saturated rings. The normalized spacial score (nSPS) is 56.6. The van der Waals surface area contributed by atoms with Crippen molar-refractivity contribution < 1.29 is 33.9 Å². The Balaban J connectivity index is 0.942. The molecule has 260 valence electrons. The van der Waals surface area contributed by atoms with Crippen molar-refractivity contribution in [3.63, 3.8) is 0 Å². The van der Waals surface area contributed by atoms with E-state index in [1.54, 1.807) is 0 Å². The molecule has 9 aliphatic rings. The third-order valence-electron chi connectivity index (χ3n) is 16.6. The topological polar surface area (TPSA) is 83.5 Å². The van der Waals surface area contributed by atoms with Crippen LogP contribution in [0.1, 0.15) is 138 Å². The Hall–Kier alpha value is -0.730. The number of carbonyl (C=O) groups is 1. The van der Waals surface area contributed by atoms with E-state index in [0.29, 0.717) is 46.8 Å². The number of rotatable bonds is 6. The zero-order valence-electron chi connectivity index (χ0n) is 29.5. The predicted octanol–water partition coefficient (Wildman–Crippen LogP) is 8.74. The van der Waals surface area contributed by atoms with Crippen molar-refractivity contribution in [3.05, 3.63) is 0 Å². The molecule has 0 aromatic carbocycles. The summed E-state index contributed by atoms with van der Waals surface area (Å²) in [4.78, 5) is 23.7. The molecule has 7 nitrogen and oxygen atoms in total. The molecule has 5 saturated carbocycles. The minimum absolute atomic E-state index is 0.231. The summed E-state index contributed by atoms with van der Waals surface area (Å²) >= 11 is 0. The molecule has 0 aromatic heterocycles. The highest BCUT2D eigenvalue weighted by Gasteiger charge is 2.70. The summed E-state index contributed by atoms with van der Waals surface area (Å²) in [6.45, 7) is 14.3. The van der Waals surface area contributed by atoms with Crippen LogP contribution in [0.3, 0.4) is 0 Å². The first-order valence-corrected chi connectivity index (χ1v) is 19.5. The summed E-state index contributed by atoms with van der Waals surface area (Å²) < 4.78 is 20.5. The lowest BCUT2D eigenvalue weighted by molar-refractivity contribution is -0.578. The summed E-state index contributed by atoms with van der Waals surface area (Å²) in [6.07, 6.45) is 16.4. The molecular formula is C39H62O7. The van der Waals surface area contributed by atoms with Gasteiger partial charge in [-0.3, -0.25) is 4.79 Å².